The zero-order valence-corrected chi connectivity index (χ0v) is 27.8. The Morgan fingerprint density at radius 2 is 1.45 bits per heavy atom. The van der Waals surface area contributed by atoms with Crippen LogP contribution in [0, 0.1) is 0 Å². The summed E-state index contributed by atoms with van der Waals surface area (Å²) in [4.78, 5) is 29.2. The third-order valence-electron chi connectivity index (χ3n) is 10.4. The topological polar surface area (TPSA) is 105 Å². The summed E-state index contributed by atoms with van der Waals surface area (Å²) in [6, 6.07) is 20.3. The van der Waals surface area contributed by atoms with E-state index in [1.165, 1.54) is 17.0 Å². The first kappa shape index (κ1) is 33.4. The largest absolute Gasteiger partial charge is 0.490 e. The van der Waals surface area contributed by atoms with Gasteiger partial charge in [-0.25, -0.2) is 0 Å². The van der Waals surface area contributed by atoms with Gasteiger partial charge < -0.3 is 25.8 Å². The first-order chi connectivity index (χ1) is 23.6. The van der Waals surface area contributed by atoms with Gasteiger partial charge in [0.15, 0.2) is 12.1 Å². The number of alkyl halides is 2. The van der Waals surface area contributed by atoms with Crippen molar-refractivity contribution < 1.29 is 28.2 Å². The highest BCUT2D eigenvalue weighted by atomic mass is 35.5. The minimum Gasteiger partial charge on any atom is -0.490 e. The molecule has 4 N–H and O–H groups in total. The van der Waals surface area contributed by atoms with Gasteiger partial charge in [0.25, 0.3) is 11.8 Å². The lowest BCUT2D eigenvalue weighted by atomic mass is 9.93. The zero-order chi connectivity index (χ0) is 34.3. The summed E-state index contributed by atoms with van der Waals surface area (Å²) in [7, 11) is 0. The van der Waals surface area contributed by atoms with Crippen LogP contribution in [0.2, 0.25) is 5.02 Å². The van der Waals surface area contributed by atoms with Crippen LogP contribution in [0.5, 0.6) is 5.75 Å². The number of fused-ring (bicyclic) bond motifs is 3. The number of carbonyl (C=O) groups excluding carboxylic acids is 2. The number of rotatable bonds is 9. The predicted octanol–water partition coefficient (Wildman–Crippen LogP) is 7.27. The van der Waals surface area contributed by atoms with E-state index in [-0.39, 0.29) is 29.8 Å². The van der Waals surface area contributed by atoms with Crippen molar-refractivity contribution in [2.45, 2.75) is 93.7 Å². The molecule has 1 saturated carbocycles. The number of nitrogens with zero attached hydrogens (tertiary/aromatic N) is 1. The van der Waals surface area contributed by atoms with Crippen molar-refractivity contribution >= 4 is 34.2 Å². The molecule has 2 heterocycles. The van der Waals surface area contributed by atoms with Crippen molar-refractivity contribution in [3.05, 3.63) is 101 Å². The van der Waals surface area contributed by atoms with Crippen LogP contribution in [-0.4, -0.2) is 52.1 Å². The number of aliphatic hydroxyl groups is 1. The van der Waals surface area contributed by atoms with Crippen molar-refractivity contribution in [3.63, 3.8) is 0 Å². The first-order valence-electron chi connectivity index (χ1n) is 17.1. The normalized spacial score (nSPS) is 22.2. The van der Waals surface area contributed by atoms with Crippen molar-refractivity contribution in [1.29, 1.82) is 0 Å². The van der Waals surface area contributed by atoms with Crippen molar-refractivity contribution in [1.82, 2.24) is 10.2 Å². The van der Waals surface area contributed by atoms with Crippen LogP contribution in [0.3, 0.4) is 0 Å². The number of benzene rings is 4. The highest BCUT2D eigenvalue weighted by Crippen LogP contribution is 2.40. The molecular weight excluding hydrogens is 648 g/mol. The first-order valence-corrected chi connectivity index (χ1v) is 17.5. The van der Waals surface area contributed by atoms with Gasteiger partial charge in [0.1, 0.15) is 5.75 Å². The summed E-state index contributed by atoms with van der Waals surface area (Å²) in [5.74, 6) is -5.01. The van der Waals surface area contributed by atoms with E-state index in [1.807, 2.05) is 18.2 Å². The number of piperidine rings is 1. The second-order valence-corrected chi connectivity index (χ2v) is 14.1. The fourth-order valence-electron chi connectivity index (χ4n) is 7.79. The monoisotopic (exact) mass is 687 g/mol. The Hall–Kier alpha value is -4.05. The smallest absolute Gasteiger partial charge is 0.302 e. The van der Waals surface area contributed by atoms with Crippen LogP contribution >= 0.6 is 11.6 Å². The highest BCUT2D eigenvalue weighted by Gasteiger charge is 2.53. The quantitative estimate of drug-likeness (QED) is 0.172. The van der Waals surface area contributed by atoms with Gasteiger partial charge in [0, 0.05) is 28.7 Å². The van der Waals surface area contributed by atoms with Crippen LogP contribution in [0.15, 0.2) is 84.9 Å². The van der Waals surface area contributed by atoms with E-state index >= 15 is 8.78 Å². The second kappa shape index (κ2) is 13.7. The Bertz CT molecular complexity index is 1820. The summed E-state index contributed by atoms with van der Waals surface area (Å²) < 4.78 is 39.3. The Labute approximate surface area is 289 Å². The number of halogens is 3. The molecule has 10 heteroatoms. The number of carbonyl (C=O) groups is 2. The molecule has 0 radical (unpaired) electrons. The Kier molecular flexibility index (Phi) is 9.35. The van der Waals surface area contributed by atoms with Gasteiger partial charge in [-0.1, -0.05) is 66.2 Å². The fraction of sp³-hybridized carbons (Fsp3) is 0.385. The summed E-state index contributed by atoms with van der Waals surface area (Å²) >= 11 is 6.01. The van der Waals surface area contributed by atoms with E-state index in [4.69, 9.17) is 22.1 Å². The van der Waals surface area contributed by atoms with Crippen LogP contribution in [0.4, 0.5) is 8.78 Å². The third kappa shape index (κ3) is 6.89. The van der Waals surface area contributed by atoms with Crippen LogP contribution < -0.4 is 15.8 Å². The number of ether oxygens (including phenoxy) is 1. The number of hydrogen-bond donors (Lipinski definition) is 3. The predicted molar refractivity (Wildman–Crippen MR) is 185 cm³/mol. The van der Waals surface area contributed by atoms with Gasteiger partial charge in [0.2, 0.25) is 0 Å². The van der Waals surface area contributed by atoms with Gasteiger partial charge in [-0.3, -0.25) is 9.59 Å². The van der Waals surface area contributed by atoms with Gasteiger partial charge in [-0.2, -0.15) is 8.78 Å². The molecule has 2 unspecified atom stereocenters. The Morgan fingerprint density at radius 3 is 2.10 bits per heavy atom. The van der Waals surface area contributed by atoms with Crippen molar-refractivity contribution in [2.24, 2.45) is 5.73 Å². The average molecular weight is 688 g/mol. The van der Waals surface area contributed by atoms with Crippen LogP contribution in [0.25, 0.3) is 21.9 Å². The molecule has 4 atom stereocenters. The third-order valence-corrected chi connectivity index (χ3v) is 10.6. The Balaban J connectivity index is 1.14. The molecule has 7 nitrogen and oxygen atoms in total. The second-order valence-electron chi connectivity index (χ2n) is 13.7. The molecule has 0 spiro atoms. The number of aliphatic hydroxyl groups excluding tert-OH is 1. The van der Waals surface area contributed by atoms with Crippen LogP contribution in [0.1, 0.15) is 68.6 Å². The van der Waals surface area contributed by atoms with Gasteiger partial charge in [-0.15, -0.1) is 0 Å². The molecule has 4 aromatic rings. The number of nitrogens with one attached hydrogen (secondary N) is 1. The fourth-order valence-corrected chi connectivity index (χ4v) is 7.91. The van der Waals surface area contributed by atoms with E-state index in [2.05, 4.69) is 5.32 Å². The van der Waals surface area contributed by atoms with Crippen LogP contribution in [-0.2, 0) is 15.5 Å². The lowest BCUT2D eigenvalue weighted by Crippen LogP contribution is -2.61. The van der Waals surface area contributed by atoms with E-state index in [0.29, 0.717) is 36.3 Å². The van der Waals surface area contributed by atoms with E-state index in [0.717, 1.165) is 47.8 Å². The molecule has 3 aliphatic rings. The maximum Gasteiger partial charge on any atom is 0.302 e. The molecule has 2 bridgehead atoms. The lowest BCUT2D eigenvalue weighted by Gasteiger charge is -2.41. The maximum absolute atomic E-state index is 16.6. The molecule has 2 aliphatic heterocycles. The summed E-state index contributed by atoms with van der Waals surface area (Å²) in [6.45, 7) is 0. The SMILES string of the molecule is NC1CC2CCC(C1)N2C(=O)[C@@H](NC(=O)[C@@H](O)c1ccc2cc(OC3CCCC3)ccc2c1)C(F)(F)c1ccc(-c2ccc(Cl)cc2)cc1. The molecule has 1 aliphatic carbocycles. The molecule has 3 fully saturated rings. The minimum atomic E-state index is -3.80. The maximum atomic E-state index is 16.6. The number of hydrogen-bond acceptors (Lipinski definition) is 5. The van der Waals surface area contributed by atoms with Gasteiger partial charge in [0.05, 0.1) is 6.10 Å². The minimum absolute atomic E-state index is 0.115. The molecule has 49 heavy (non-hydrogen) atoms. The summed E-state index contributed by atoms with van der Waals surface area (Å²) in [6.07, 6.45) is 5.14. The number of nitrogens with two attached hydrogens (primary N) is 1. The average Bonchev–Trinajstić information content (AvgIpc) is 3.71. The molecule has 7 rings (SSSR count). The van der Waals surface area contributed by atoms with E-state index in [9.17, 15) is 14.7 Å². The molecule has 4 aromatic carbocycles. The van der Waals surface area contributed by atoms with Crippen molar-refractivity contribution in [2.75, 3.05) is 0 Å². The molecule has 2 amide bonds. The van der Waals surface area contributed by atoms with Gasteiger partial charge in [-0.05, 0) is 109 Å². The molecular formula is C39H40ClF2N3O4. The molecule has 2 saturated heterocycles. The highest BCUT2D eigenvalue weighted by molar-refractivity contribution is 6.30. The lowest BCUT2D eigenvalue weighted by molar-refractivity contribution is -0.155. The summed E-state index contributed by atoms with van der Waals surface area (Å²) in [5.41, 5.74) is 7.48. The molecule has 256 valence electrons. The van der Waals surface area contributed by atoms with Crippen molar-refractivity contribution in [3.8, 4) is 16.9 Å². The molecule has 0 aromatic heterocycles. The number of amides is 2. The summed E-state index contributed by atoms with van der Waals surface area (Å²) in [5, 5.41) is 15.6. The standard InChI is InChI=1S/C39H40ClF2N3O4/c40-29-14-9-24(10-15-29)23-7-12-28(13-8-23)39(41,42)36(38(48)45-31-16-17-32(45)22-30(43)21-31)44-37(47)35(46)27-6-5-26-20-34(18-11-25(26)19-27)49-33-3-1-2-4-33/h5-15,18-20,30-33,35-36,46H,1-4,16-17,21-22,43H2,(H,44,47)/t30?,31?,32?,35-,36+/m0/s1. The Morgan fingerprint density at radius 1 is 0.857 bits per heavy atom. The van der Waals surface area contributed by atoms with E-state index in [1.54, 1.807) is 54.6 Å². The zero-order valence-electron chi connectivity index (χ0n) is 27.0. The van der Waals surface area contributed by atoms with E-state index < -0.39 is 35.4 Å². The van der Waals surface area contributed by atoms with Gasteiger partial charge >= 0.3 is 5.92 Å².